The number of halogens is 1. The molecular formula is C28H32ClN3O4S. The van der Waals surface area contributed by atoms with Gasteiger partial charge in [-0.2, -0.15) is 0 Å². The number of rotatable bonds is 9. The Bertz CT molecular complexity index is 1390. The second kappa shape index (κ2) is 11.8. The highest BCUT2D eigenvalue weighted by Gasteiger charge is 2.33. The molecular weight excluding hydrogens is 510 g/mol. The van der Waals surface area contributed by atoms with Gasteiger partial charge in [0.1, 0.15) is 12.6 Å². The third kappa shape index (κ3) is 6.50. The molecule has 0 bridgehead atoms. The summed E-state index contributed by atoms with van der Waals surface area (Å²) in [5.74, 6) is -0.886. The lowest BCUT2D eigenvalue weighted by Gasteiger charge is -2.32. The van der Waals surface area contributed by atoms with Crippen LogP contribution in [0, 0.1) is 20.8 Å². The van der Waals surface area contributed by atoms with Crippen LogP contribution in [0.4, 0.5) is 5.69 Å². The van der Waals surface area contributed by atoms with Crippen LogP contribution in [-0.4, -0.2) is 44.8 Å². The first kappa shape index (κ1) is 28.2. The number of aryl methyl sites for hydroxylation is 2. The molecule has 0 saturated carbocycles. The largest absolute Gasteiger partial charge is 0.357 e. The maximum absolute atomic E-state index is 13.9. The third-order valence-corrected chi connectivity index (χ3v) is 8.40. The number of likely N-dealkylation sites (N-methyl/N-ethyl adjacent to an activating group) is 1. The van der Waals surface area contributed by atoms with Gasteiger partial charge >= 0.3 is 0 Å². The molecule has 37 heavy (non-hydrogen) atoms. The molecule has 196 valence electrons. The predicted molar refractivity (Wildman–Crippen MR) is 147 cm³/mol. The summed E-state index contributed by atoms with van der Waals surface area (Å²) in [5, 5.41) is 3.07. The van der Waals surface area contributed by atoms with Crippen molar-refractivity contribution in [3.05, 3.63) is 94.0 Å². The first-order valence-corrected chi connectivity index (χ1v) is 13.7. The fourth-order valence-corrected chi connectivity index (χ4v) is 5.66. The van der Waals surface area contributed by atoms with Crippen LogP contribution in [0.3, 0.4) is 0 Å². The Balaban J connectivity index is 2.08. The van der Waals surface area contributed by atoms with Crippen LogP contribution in [0.5, 0.6) is 0 Å². The molecule has 3 aromatic rings. The lowest BCUT2D eigenvalue weighted by molar-refractivity contribution is -0.139. The monoisotopic (exact) mass is 541 g/mol. The highest BCUT2D eigenvalue weighted by molar-refractivity contribution is 7.92. The molecule has 0 fully saturated rings. The normalized spacial score (nSPS) is 12.1. The minimum absolute atomic E-state index is 0.0764. The van der Waals surface area contributed by atoms with Crippen molar-refractivity contribution in [2.45, 2.75) is 45.2 Å². The fourth-order valence-electron chi connectivity index (χ4n) is 3.98. The number of nitrogens with zero attached hydrogens (tertiary/aromatic N) is 2. The first-order valence-electron chi connectivity index (χ1n) is 11.9. The lowest BCUT2D eigenvalue weighted by atomic mass is 10.1. The minimum Gasteiger partial charge on any atom is -0.357 e. The van der Waals surface area contributed by atoms with E-state index in [1.165, 1.54) is 24.1 Å². The van der Waals surface area contributed by atoms with Crippen LogP contribution in [0.2, 0.25) is 5.02 Å². The van der Waals surface area contributed by atoms with Crippen molar-refractivity contribution in [1.82, 2.24) is 10.2 Å². The molecule has 1 atom stereocenters. The number of amides is 2. The van der Waals surface area contributed by atoms with Gasteiger partial charge in [0, 0.05) is 18.6 Å². The summed E-state index contributed by atoms with van der Waals surface area (Å²) in [5.41, 5.74) is 3.68. The van der Waals surface area contributed by atoms with Gasteiger partial charge in [0.05, 0.1) is 10.6 Å². The van der Waals surface area contributed by atoms with Crippen LogP contribution < -0.4 is 9.62 Å². The van der Waals surface area contributed by atoms with E-state index >= 15 is 0 Å². The Morgan fingerprint density at radius 2 is 1.62 bits per heavy atom. The van der Waals surface area contributed by atoms with Crippen LogP contribution in [0.1, 0.15) is 29.2 Å². The highest BCUT2D eigenvalue weighted by Crippen LogP contribution is 2.29. The van der Waals surface area contributed by atoms with Gasteiger partial charge in [0.25, 0.3) is 10.0 Å². The molecule has 9 heteroatoms. The molecule has 1 N–H and O–H groups in total. The van der Waals surface area contributed by atoms with Crippen molar-refractivity contribution in [2.75, 3.05) is 17.9 Å². The zero-order valence-electron chi connectivity index (χ0n) is 21.7. The van der Waals surface area contributed by atoms with Gasteiger partial charge in [-0.1, -0.05) is 53.6 Å². The van der Waals surface area contributed by atoms with E-state index in [0.29, 0.717) is 10.7 Å². The predicted octanol–water partition coefficient (Wildman–Crippen LogP) is 4.62. The summed E-state index contributed by atoms with van der Waals surface area (Å²) in [4.78, 5) is 27.8. The molecule has 0 aliphatic carbocycles. The molecule has 3 rings (SSSR count). The number of carbonyl (C=O) groups is 2. The Hall–Kier alpha value is -3.36. The molecule has 0 saturated heterocycles. The summed E-state index contributed by atoms with van der Waals surface area (Å²) < 4.78 is 28.9. The molecule has 2 amide bonds. The molecule has 0 heterocycles. The maximum Gasteiger partial charge on any atom is 0.264 e. The summed E-state index contributed by atoms with van der Waals surface area (Å²) in [6.07, 6.45) is 0. The van der Waals surface area contributed by atoms with E-state index in [9.17, 15) is 18.0 Å². The van der Waals surface area contributed by atoms with Crippen LogP contribution in [-0.2, 0) is 26.2 Å². The smallest absolute Gasteiger partial charge is 0.264 e. The van der Waals surface area contributed by atoms with Crippen molar-refractivity contribution in [2.24, 2.45) is 0 Å². The van der Waals surface area contributed by atoms with Gasteiger partial charge in [-0.15, -0.1) is 0 Å². The Kier molecular flexibility index (Phi) is 8.99. The SMILES string of the molecule is CNC(=O)[C@@H](C)N(Cc1cccc(Cl)c1)C(=O)CN(c1cccc(C)c1C)S(=O)(=O)c1ccc(C)cc1. The second-order valence-electron chi connectivity index (χ2n) is 8.99. The average Bonchev–Trinajstić information content (AvgIpc) is 2.87. The van der Waals surface area contributed by atoms with E-state index in [1.54, 1.807) is 55.5 Å². The Morgan fingerprint density at radius 1 is 0.973 bits per heavy atom. The van der Waals surface area contributed by atoms with Gasteiger partial charge in [-0.05, 0) is 74.7 Å². The van der Waals surface area contributed by atoms with Gasteiger partial charge in [0.15, 0.2) is 0 Å². The third-order valence-electron chi connectivity index (χ3n) is 6.39. The van der Waals surface area contributed by atoms with E-state index in [4.69, 9.17) is 11.6 Å². The zero-order chi connectivity index (χ0) is 27.3. The number of hydrogen-bond donors (Lipinski definition) is 1. The summed E-state index contributed by atoms with van der Waals surface area (Å²) >= 11 is 6.14. The van der Waals surface area contributed by atoms with Crippen LogP contribution >= 0.6 is 11.6 Å². The lowest BCUT2D eigenvalue weighted by Crippen LogP contribution is -2.50. The van der Waals surface area contributed by atoms with Crippen LogP contribution in [0.25, 0.3) is 0 Å². The standard InChI is InChI=1S/C28H32ClN3O4S/c1-19-12-14-25(15-13-19)37(35,36)32(26-11-6-8-20(2)21(26)3)18-27(33)31(22(4)28(34)30-5)17-23-9-7-10-24(29)16-23/h6-16,22H,17-18H2,1-5H3,(H,30,34)/t22-/m1/s1. The van der Waals surface area contributed by atoms with E-state index in [2.05, 4.69) is 5.32 Å². The Morgan fingerprint density at radius 3 is 2.24 bits per heavy atom. The van der Waals surface area contributed by atoms with Crippen molar-refractivity contribution < 1.29 is 18.0 Å². The van der Waals surface area contributed by atoms with Crippen molar-refractivity contribution >= 4 is 39.1 Å². The first-order chi connectivity index (χ1) is 17.4. The van der Waals surface area contributed by atoms with E-state index in [0.717, 1.165) is 26.6 Å². The molecule has 0 unspecified atom stereocenters. The van der Waals surface area contributed by atoms with Crippen molar-refractivity contribution in [1.29, 1.82) is 0 Å². The topological polar surface area (TPSA) is 86.8 Å². The zero-order valence-corrected chi connectivity index (χ0v) is 23.2. The van der Waals surface area contributed by atoms with Gasteiger partial charge in [-0.3, -0.25) is 13.9 Å². The number of benzene rings is 3. The molecule has 0 aromatic heterocycles. The number of sulfonamides is 1. The molecule has 0 radical (unpaired) electrons. The fraction of sp³-hybridized carbons (Fsp3) is 0.286. The minimum atomic E-state index is -4.11. The second-order valence-corrected chi connectivity index (χ2v) is 11.3. The molecule has 0 spiro atoms. The number of carbonyl (C=O) groups excluding carboxylic acids is 2. The number of nitrogens with one attached hydrogen (secondary N) is 1. The maximum atomic E-state index is 13.9. The summed E-state index contributed by atoms with van der Waals surface area (Å²) in [6.45, 7) is 6.79. The molecule has 0 aliphatic heterocycles. The number of hydrogen-bond acceptors (Lipinski definition) is 4. The molecule has 3 aromatic carbocycles. The van der Waals surface area contributed by atoms with Gasteiger partial charge in [-0.25, -0.2) is 8.42 Å². The molecule has 0 aliphatic rings. The molecule has 7 nitrogen and oxygen atoms in total. The van der Waals surface area contributed by atoms with Crippen LogP contribution in [0.15, 0.2) is 71.6 Å². The van der Waals surface area contributed by atoms with Gasteiger partial charge in [0.2, 0.25) is 11.8 Å². The van der Waals surface area contributed by atoms with Crippen molar-refractivity contribution in [3.8, 4) is 0 Å². The number of anilines is 1. The summed E-state index contributed by atoms with van der Waals surface area (Å²) in [6, 6.07) is 18.0. The quantitative estimate of drug-likeness (QED) is 0.428. The highest BCUT2D eigenvalue weighted by atomic mass is 35.5. The Labute approximate surface area is 224 Å². The summed E-state index contributed by atoms with van der Waals surface area (Å²) in [7, 11) is -2.61. The van der Waals surface area contributed by atoms with E-state index < -0.39 is 28.5 Å². The van der Waals surface area contributed by atoms with E-state index in [1.807, 2.05) is 26.8 Å². The van der Waals surface area contributed by atoms with E-state index in [-0.39, 0.29) is 17.3 Å². The average molecular weight is 542 g/mol. The van der Waals surface area contributed by atoms with Gasteiger partial charge < -0.3 is 10.2 Å². The van der Waals surface area contributed by atoms with Crippen molar-refractivity contribution in [3.63, 3.8) is 0 Å².